The number of hydrogen-bond acceptors (Lipinski definition) is 3. The van der Waals surface area contributed by atoms with Gasteiger partial charge in [-0.25, -0.2) is 0 Å². The molecule has 0 unspecified atom stereocenters. The van der Waals surface area contributed by atoms with Crippen molar-refractivity contribution in [3.63, 3.8) is 0 Å². The summed E-state index contributed by atoms with van der Waals surface area (Å²) < 4.78 is 0. The Hall–Kier alpha value is -2.00. The van der Waals surface area contributed by atoms with Gasteiger partial charge in [0.15, 0.2) is 0 Å². The second-order valence-electron chi connectivity index (χ2n) is 5.39. The molecule has 2 aromatic carbocycles. The van der Waals surface area contributed by atoms with E-state index in [9.17, 15) is 0 Å². The number of rotatable bonds is 3. The second-order valence-corrected chi connectivity index (χ2v) is 5.39. The zero-order valence-corrected chi connectivity index (χ0v) is 14.5. The first-order valence-corrected chi connectivity index (χ1v) is 7.65. The van der Waals surface area contributed by atoms with Gasteiger partial charge < -0.3 is 5.73 Å². The number of aryl methyl sites for hydroxylation is 1. The molecule has 3 heteroatoms. The normalized spacial score (nSPS) is 9.18. The van der Waals surface area contributed by atoms with E-state index in [4.69, 9.17) is 5.73 Å². The number of anilines is 2. The van der Waals surface area contributed by atoms with Crippen LogP contribution in [0.1, 0.15) is 32.8 Å². The van der Waals surface area contributed by atoms with E-state index >= 15 is 0 Å². The predicted octanol–water partition coefficient (Wildman–Crippen LogP) is 5.29. The lowest BCUT2D eigenvalue weighted by molar-refractivity contribution is 0.271. The molecule has 0 atom stereocenters. The lowest BCUT2D eigenvalue weighted by Crippen LogP contribution is -1.93. The molecule has 0 fully saturated rings. The maximum atomic E-state index is 5.46. The zero-order chi connectivity index (χ0) is 16.8. The van der Waals surface area contributed by atoms with E-state index in [1.165, 1.54) is 12.0 Å². The molecular weight excluding hydrogens is 272 g/mol. The number of nitrogens with two attached hydrogens (primary N) is 1. The van der Waals surface area contributed by atoms with Gasteiger partial charge in [0.1, 0.15) is 0 Å². The van der Waals surface area contributed by atoms with E-state index in [0.717, 1.165) is 17.3 Å². The third-order valence-electron chi connectivity index (χ3n) is 2.85. The van der Waals surface area contributed by atoms with Gasteiger partial charge in [-0.05, 0) is 42.7 Å². The first kappa shape index (κ1) is 20.0. The maximum Gasteiger partial charge on any atom is 0.0636 e. The van der Waals surface area contributed by atoms with Crippen LogP contribution in [0.4, 0.5) is 11.4 Å². The molecule has 2 aromatic rings. The van der Waals surface area contributed by atoms with Gasteiger partial charge in [-0.3, -0.25) is 10.3 Å². The van der Waals surface area contributed by atoms with E-state index in [0.29, 0.717) is 0 Å². The van der Waals surface area contributed by atoms with Crippen molar-refractivity contribution in [3.05, 3.63) is 60.2 Å². The highest BCUT2D eigenvalue weighted by atomic mass is 16.6. The van der Waals surface area contributed by atoms with Gasteiger partial charge in [-0.15, -0.1) is 0 Å². The Bertz CT molecular complexity index is 467. The van der Waals surface area contributed by atoms with Crippen LogP contribution in [0.5, 0.6) is 0 Å². The summed E-state index contributed by atoms with van der Waals surface area (Å²) in [6, 6.07) is 17.5. The summed E-state index contributed by atoms with van der Waals surface area (Å²) >= 11 is 0. The molecule has 3 N–H and O–H groups in total. The minimum Gasteiger partial charge on any atom is -0.399 e. The number of nitrogens with one attached hydrogen (secondary N) is 1. The molecule has 122 valence electrons. The summed E-state index contributed by atoms with van der Waals surface area (Å²) in [7, 11) is 1.59. The zero-order valence-electron chi connectivity index (χ0n) is 14.5. The van der Waals surface area contributed by atoms with Crippen LogP contribution in [0.3, 0.4) is 0 Å². The standard InChI is InChI=1S/C7H9NO.C7H9N.C5H12/c1-9-8-7-5-3-2-4-6-7;1-6-3-2-4-7(8)5-6;1-4-5(2)3/h2-6,8H,1H3;2-5H,8H2,1H3;5H,4H2,1-3H3. The van der Waals surface area contributed by atoms with Crippen molar-refractivity contribution in [3.8, 4) is 0 Å². The minimum absolute atomic E-state index is 0.838. The molecule has 0 saturated heterocycles. The van der Waals surface area contributed by atoms with Gasteiger partial charge in [0.2, 0.25) is 0 Å². The molecule has 0 aromatic heterocycles. The third-order valence-corrected chi connectivity index (χ3v) is 2.85. The fourth-order valence-corrected chi connectivity index (χ4v) is 1.29. The van der Waals surface area contributed by atoms with E-state index in [-0.39, 0.29) is 0 Å². The van der Waals surface area contributed by atoms with Crippen molar-refractivity contribution in [1.82, 2.24) is 0 Å². The van der Waals surface area contributed by atoms with Crippen LogP contribution >= 0.6 is 0 Å². The average molecular weight is 302 g/mol. The summed E-state index contributed by atoms with van der Waals surface area (Å²) in [5.74, 6) is 0.884. The van der Waals surface area contributed by atoms with Gasteiger partial charge in [-0.1, -0.05) is 57.5 Å². The van der Waals surface area contributed by atoms with Gasteiger partial charge >= 0.3 is 0 Å². The highest BCUT2D eigenvalue weighted by molar-refractivity contribution is 5.40. The number of hydrogen-bond donors (Lipinski definition) is 2. The highest BCUT2D eigenvalue weighted by Crippen LogP contribution is 2.03. The molecule has 0 aliphatic heterocycles. The largest absolute Gasteiger partial charge is 0.399 e. The molecule has 3 nitrogen and oxygen atoms in total. The lowest BCUT2D eigenvalue weighted by atomic mass is 10.2. The fourth-order valence-electron chi connectivity index (χ4n) is 1.29. The predicted molar refractivity (Wildman–Crippen MR) is 97.8 cm³/mol. The molecule has 2 rings (SSSR count). The summed E-state index contributed by atoms with van der Waals surface area (Å²) in [4.78, 5) is 4.68. The topological polar surface area (TPSA) is 47.3 Å². The Kier molecular flexibility index (Phi) is 11.6. The Labute approximate surface area is 135 Å². The molecule has 0 spiro atoms. The van der Waals surface area contributed by atoms with Gasteiger partial charge in [-0.2, -0.15) is 0 Å². The van der Waals surface area contributed by atoms with Crippen LogP contribution in [0.2, 0.25) is 0 Å². The molecule has 0 amide bonds. The van der Waals surface area contributed by atoms with Crippen LogP contribution in [0.15, 0.2) is 54.6 Å². The molecule has 0 bridgehead atoms. The average Bonchev–Trinajstić information content (AvgIpc) is 2.49. The molecule has 0 radical (unpaired) electrons. The van der Waals surface area contributed by atoms with Crippen LogP contribution in [-0.4, -0.2) is 7.11 Å². The van der Waals surface area contributed by atoms with Crippen molar-refractivity contribution in [2.24, 2.45) is 5.92 Å². The highest BCUT2D eigenvalue weighted by Gasteiger charge is 1.82. The maximum absolute atomic E-state index is 5.46. The summed E-state index contributed by atoms with van der Waals surface area (Å²) in [5.41, 5.74) is 11.2. The summed E-state index contributed by atoms with van der Waals surface area (Å²) in [6.07, 6.45) is 1.31. The Morgan fingerprint density at radius 2 is 1.64 bits per heavy atom. The summed E-state index contributed by atoms with van der Waals surface area (Å²) in [5, 5.41) is 0. The number of nitrogen functional groups attached to an aromatic ring is 1. The molecule has 0 heterocycles. The monoisotopic (exact) mass is 302 g/mol. The third kappa shape index (κ3) is 11.8. The first-order chi connectivity index (χ1) is 10.5. The SMILES string of the molecule is CCC(C)C.CONc1ccccc1.Cc1cccc(N)c1. The quantitative estimate of drug-likeness (QED) is 0.598. The van der Waals surface area contributed by atoms with E-state index in [2.05, 4.69) is 31.1 Å². The van der Waals surface area contributed by atoms with Crippen LogP contribution in [-0.2, 0) is 4.84 Å². The Morgan fingerprint density at radius 3 is 2.00 bits per heavy atom. The van der Waals surface area contributed by atoms with Gasteiger partial charge in [0.05, 0.1) is 12.8 Å². The Balaban J connectivity index is 0.000000315. The molecular formula is C19H30N2O. The van der Waals surface area contributed by atoms with Crippen molar-refractivity contribution in [2.75, 3.05) is 18.3 Å². The molecule has 0 saturated carbocycles. The van der Waals surface area contributed by atoms with E-state index < -0.39 is 0 Å². The Morgan fingerprint density at radius 1 is 1.05 bits per heavy atom. The van der Waals surface area contributed by atoms with Crippen LogP contribution in [0, 0.1) is 12.8 Å². The number of benzene rings is 2. The smallest absolute Gasteiger partial charge is 0.0636 e. The van der Waals surface area contributed by atoms with E-state index in [1.807, 2.05) is 61.5 Å². The van der Waals surface area contributed by atoms with Crippen molar-refractivity contribution >= 4 is 11.4 Å². The van der Waals surface area contributed by atoms with Crippen LogP contribution in [0.25, 0.3) is 0 Å². The first-order valence-electron chi connectivity index (χ1n) is 7.65. The minimum atomic E-state index is 0.838. The van der Waals surface area contributed by atoms with Gasteiger partial charge in [0, 0.05) is 5.69 Å². The van der Waals surface area contributed by atoms with Gasteiger partial charge in [0.25, 0.3) is 0 Å². The van der Waals surface area contributed by atoms with Crippen LogP contribution < -0.4 is 11.2 Å². The second kappa shape index (κ2) is 12.7. The lowest BCUT2D eigenvalue weighted by Gasteiger charge is -1.99. The molecule has 0 aliphatic carbocycles. The van der Waals surface area contributed by atoms with Crippen molar-refractivity contribution in [1.29, 1.82) is 0 Å². The molecule has 22 heavy (non-hydrogen) atoms. The number of para-hydroxylation sites is 1. The summed E-state index contributed by atoms with van der Waals surface area (Å²) in [6.45, 7) is 8.67. The van der Waals surface area contributed by atoms with E-state index in [1.54, 1.807) is 7.11 Å². The van der Waals surface area contributed by atoms with Crippen molar-refractivity contribution in [2.45, 2.75) is 34.1 Å². The fraction of sp³-hybridized carbons (Fsp3) is 0.368. The van der Waals surface area contributed by atoms with Crippen molar-refractivity contribution < 1.29 is 4.84 Å². The molecule has 0 aliphatic rings.